The lowest BCUT2D eigenvalue weighted by Gasteiger charge is -2.12. The van der Waals surface area contributed by atoms with Gasteiger partial charge in [-0.1, -0.05) is 35.5 Å². The Morgan fingerprint density at radius 2 is 1.94 bits per heavy atom. The molecule has 33 heavy (non-hydrogen) atoms. The van der Waals surface area contributed by atoms with Crippen LogP contribution in [0.5, 0.6) is 5.75 Å². The molecule has 3 rings (SSSR count). The number of hydrogen-bond acceptors (Lipinski definition) is 7. The maximum atomic E-state index is 12.2. The van der Waals surface area contributed by atoms with Crippen LogP contribution >= 0.6 is 23.4 Å². The van der Waals surface area contributed by atoms with E-state index in [1.54, 1.807) is 12.1 Å². The van der Waals surface area contributed by atoms with E-state index in [0.717, 1.165) is 28.8 Å². The third-order valence-electron chi connectivity index (χ3n) is 4.30. The van der Waals surface area contributed by atoms with Gasteiger partial charge < -0.3 is 14.8 Å². The maximum Gasteiger partial charge on any atom is 0.321 e. The highest BCUT2D eigenvalue weighted by atomic mass is 35.5. The predicted octanol–water partition coefficient (Wildman–Crippen LogP) is 3.55. The van der Waals surface area contributed by atoms with Gasteiger partial charge in [-0.25, -0.2) is 4.79 Å². The van der Waals surface area contributed by atoms with Crippen LogP contribution in [0.25, 0.3) is 17.1 Å². The van der Waals surface area contributed by atoms with Crippen LogP contribution < -0.4 is 15.4 Å². The summed E-state index contributed by atoms with van der Waals surface area (Å²) >= 11 is 7.34. The van der Waals surface area contributed by atoms with E-state index in [-0.39, 0.29) is 5.75 Å². The molecule has 1 aromatic heterocycles. The Morgan fingerprint density at radius 1 is 1.15 bits per heavy atom. The number of hydrogen-bond donors (Lipinski definition) is 2. The van der Waals surface area contributed by atoms with Crippen molar-refractivity contribution in [3.8, 4) is 22.8 Å². The molecule has 2 N–H and O–H groups in total. The number of methoxy groups -OCH3 is 1. The number of thioether (sulfide) groups is 1. The Labute approximate surface area is 200 Å². The Hall–Kier alpha value is -3.08. The smallest absolute Gasteiger partial charge is 0.321 e. The number of carbonyl (C=O) groups is 2. The highest BCUT2D eigenvalue weighted by Gasteiger charge is 2.18. The fourth-order valence-electron chi connectivity index (χ4n) is 2.87. The largest absolute Gasteiger partial charge is 0.494 e. The topological polar surface area (TPSA) is 107 Å². The first-order chi connectivity index (χ1) is 16.0. The van der Waals surface area contributed by atoms with Gasteiger partial charge in [-0.2, -0.15) is 0 Å². The molecule has 1 heterocycles. The van der Waals surface area contributed by atoms with Crippen molar-refractivity contribution in [1.29, 1.82) is 0 Å². The van der Waals surface area contributed by atoms with Gasteiger partial charge in [0, 0.05) is 29.9 Å². The molecule has 0 fully saturated rings. The molecular weight excluding hydrogens is 466 g/mol. The van der Waals surface area contributed by atoms with Gasteiger partial charge in [-0.15, -0.1) is 10.2 Å². The summed E-state index contributed by atoms with van der Waals surface area (Å²) in [6.45, 7) is 3.14. The van der Waals surface area contributed by atoms with Crippen molar-refractivity contribution in [3.05, 3.63) is 53.6 Å². The minimum Gasteiger partial charge on any atom is -0.494 e. The predicted molar refractivity (Wildman–Crippen MR) is 127 cm³/mol. The summed E-state index contributed by atoms with van der Waals surface area (Å²) in [5.74, 6) is 0.830. The molecule has 0 spiro atoms. The van der Waals surface area contributed by atoms with Crippen molar-refractivity contribution >= 4 is 35.3 Å². The Morgan fingerprint density at radius 3 is 2.64 bits per heavy atom. The van der Waals surface area contributed by atoms with Gasteiger partial charge in [0.25, 0.3) is 0 Å². The lowest BCUT2D eigenvalue weighted by atomic mass is 10.2. The number of rotatable bonds is 10. The number of urea groups is 1. The van der Waals surface area contributed by atoms with Crippen LogP contribution in [0.3, 0.4) is 0 Å². The van der Waals surface area contributed by atoms with Crippen LogP contribution in [0.15, 0.2) is 53.7 Å². The fourth-order valence-corrected chi connectivity index (χ4v) is 3.81. The van der Waals surface area contributed by atoms with Crippen molar-refractivity contribution in [3.63, 3.8) is 0 Å². The molecule has 0 aliphatic rings. The van der Waals surface area contributed by atoms with Crippen molar-refractivity contribution in [1.82, 2.24) is 25.4 Å². The highest BCUT2D eigenvalue weighted by Crippen LogP contribution is 2.30. The molecule has 174 valence electrons. The first-order valence-corrected chi connectivity index (χ1v) is 11.5. The number of nitrogens with one attached hydrogen (secondary N) is 2. The molecule has 9 nitrogen and oxygen atoms in total. The summed E-state index contributed by atoms with van der Waals surface area (Å²) in [5.41, 5.74) is 1.57. The van der Waals surface area contributed by atoms with Gasteiger partial charge in [0.05, 0.1) is 19.0 Å². The second-order valence-electron chi connectivity index (χ2n) is 6.66. The molecule has 0 saturated heterocycles. The van der Waals surface area contributed by atoms with E-state index >= 15 is 0 Å². The van der Waals surface area contributed by atoms with Gasteiger partial charge in [0.1, 0.15) is 5.75 Å². The van der Waals surface area contributed by atoms with E-state index in [9.17, 15) is 9.59 Å². The second kappa shape index (κ2) is 12.2. The van der Waals surface area contributed by atoms with Gasteiger partial charge in [0.15, 0.2) is 11.0 Å². The standard InChI is InChI=1S/C22H24ClN5O4S/c1-3-32-18-9-7-17(8-10-18)28-20(15-5-4-6-16(23)13-15)26-27-22(28)33-14-19(29)25-21(30)24-11-12-31-2/h4-10,13H,3,11-12,14H2,1-2H3,(H2,24,25,29,30). The Kier molecular flexibility index (Phi) is 9.11. The van der Waals surface area contributed by atoms with Crippen molar-refractivity contribution < 1.29 is 19.1 Å². The maximum absolute atomic E-state index is 12.2. The van der Waals surface area contributed by atoms with Crippen molar-refractivity contribution in [2.24, 2.45) is 0 Å². The van der Waals surface area contributed by atoms with E-state index in [2.05, 4.69) is 20.8 Å². The van der Waals surface area contributed by atoms with Crippen LogP contribution in [-0.4, -0.2) is 59.3 Å². The van der Waals surface area contributed by atoms with Gasteiger partial charge in [-0.3, -0.25) is 14.7 Å². The average Bonchev–Trinajstić information content (AvgIpc) is 3.23. The summed E-state index contributed by atoms with van der Waals surface area (Å²) < 4.78 is 12.2. The molecular formula is C22H24ClN5O4S. The first-order valence-electron chi connectivity index (χ1n) is 10.2. The first kappa shape index (κ1) is 24.6. The van der Waals surface area contributed by atoms with E-state index < -0.39 is 11.9 Å². The third-order valence-corrected chi connectivity index (χ3v) is 5.46. The monoisotopic (exact) mass is 489 g/mol. The number of carbonyl (C=O) groups excluding carboxylic acids is 2. The number of aromatic nitrogens is 3. The van der Waals surface area contributed by atoms with Crippen LogP contribution in [-0.2, 0) is 9.53 Å². The summed E-state index contributed by atoms with van der Waals surface area (Å²) in [6, 6.07) is 14.2. The molecule has 0 aliphatic carbocycles. The molecule has 0 radical (unpaired) electrons. The molecule has 3 aromatic rings. The lowest BCUT2D eigenvalue weighted by molar-refractivity contribution is -0.117. The number of imide groups is 1. The van der Waals surface area contributed by atoms with E-state index in [1.807, 2.05) is 47.9 Å². The molecule has 2 aromatic carbocycles. The van der Waals surface area contributed by atoms with Crippen LogP contribution in [0.4, 0.5) is 4.79 Å². The molecule has 0 atom stereocenters. The molecule has 11 heteroatoms. The minimum absolute atomic E-state index is 0.0254. The molecule has 3 amide bonds. The summed E-state index contributed by atoms with van der Waals surface area (Å²) in [5, 5.41) is 14.5. The molecule has 0 saturated carbocycles. The normalized spacial score (nSPS) is 10.6. The molecule has 0 bridgehead atoms. The van der Waals surface area contributed by atoms with E-state index in [0.29, 0.717) is 35.8 Å². The average molecular weight is 490 g/mol. The summed E-state index contributed by atoms with van der Waals surface area (Å²) in [4.78, 5) is 24.0. The van der Waals surface area contributed by atoms with Crippen LogP contribution in [0.1, 0.15) is 6.92 Å². The Bertz CT molecular complexity index is 1090. The van der Waals surface area contributed by atoms with Crippen LogP contribution in [0, 0.1) is 0 Å². The number of benzene rings is 2. The number of amides is 3. The van der Waals surface area contributed by atoms with Crippen LogP contribution in [0.2, 0.25) is 5.02 Å². The quantitative estimate of drug-likeness (QED) is 0.331. The zero-order valence-electron chi connectivity index (χ0n) is 18.2. The second-order valence-corrected chi connectivity index (χ2v) is 8.04. The van der Waals surface area contributed by atoms with E-state index in [1.165, 1.54) is 7.11 Å². The Balaban J connectivity index is 1.81. The van der Waals surface area contributed by atoms with Crippen molar-refractivity contribution in [2.75, 3.05) is 32.6 Å². The highest BCUT2D eigenvalue weighted by molar-refractivity contribution is 7.99. The van der Waals surface area contributed by atoms with Gasteiger partial charge >= 0.3 is 6.03 Å². The summed E-state index contributed by atoms with van der Waals surface area (Å²) in [7, 11) is 1.53. The summed E-state index contributed by atoms with van der Waals surface area (Å²) in [6.07, 6.45) is 0. The van der Waals surface area contributed by atoms with Gasteiger partial charge in [-0.05, 0) is 43.3 Å². The third kappa shape index (κ3) is 6.95. The van der Waals surface area contributed by atoms with E-state index in [4.69, 9.17) is 21.1 Å². The fraction of sp³-hybridized carbons (Fsp3) is 0.273. The number of nitrogens with zero attached hydrogens (tertiary/aromatic N) is 3. The zero-order chi connectivity index (χ0) is 23.6. The van der Waals surface area contributed by atoms with Crippen molar-refractivity contribution in [2.45, 2.75) is 12.1 Å². The zero-order valence-corrected chi connectivity index (χ0v) is 19.8. The minimum atomic E-state index is -0.578. The lowest BCUT2D eigenvalue weighted by Crippen LogP contribution is -2.41. The molecule has 0 aliphatic heterocycles. The SMILES string of the molecule is CCOc1ccc(-n2c(SCC(=O)NC(=O)NCCOC)nnc2-c2cccc(Cl)c2)cc1. The molecule has 0 unspecified atom stereocenters. The number of ether oxygens (including phenoxy) is 2. The number of halogens is 1. The van der Waals surface area contributed by atoms with Gasteiger partial charge in [0.2, 0.25) is 5.91 Å².